The van der Waals surface area contributed by atoms with Crippen molar-refractivity contribution in [2.24, 2.45) is 44.8 Å². The van der Waals surface area contributed by atoms with Crippen molar-refractivity contribution in [1.82, 2.24) is 5.32 Å². The summed E-state index contributed by atoms with van der Waals surface area (Å²) < 4.78 is 0. The van der Waals surface area contributed by atoms with E-state index in [2.05, 4.69) is 51.9 Å². The standard InChI is InChI=1S/C33H42N2O3/c1-9-25(37)35-33-14-12-28(2,3)18-21(33)26-22(36)16-24-30(6)17-20(19-34)27(38)29(4,5)23(30)10-11-31(24,7)32(26,8)13-15-33/h1,16-17,21,23,26H,10-15,18H2,2-8H3,(H,35,37)/t21-,23-,26-,30+,31-,32+,33+/m0/s1. The van der Waals surface area contributed by atoms with Gasteiger partial charge in [0, 0.05) is 22.3 Å². The van der Waals surface area contributed by atoms with Crippen LogP contribution in [0.1, 0.15) is 93.4 Å². The third-order valence-corrected chi connectivity index (χ3v) is 12.4. The Morgan fingerprint density at radius 2 is 1.68 bits per heavy atom. The second-order valence-electron chi connectivity index (χ2n) is 15.0. The number of rotatable bonds is 1. The molecule has 0 aromatic heterocycles. The summed E-state index contributed by atoms with van der Waals surface area (Å²) in [6.07, 6.45) is 15.3. The third kappa shape index (κ3) is 3.27. The van der Waals surface area contributed by atoms with Crippen LogP contribution in [0.5, 0.6) is 0 Å². The monoisotopic (exact) mass is 514 g/mol. The van der Waals surface area contributed by atoms with Crippen molar-refractivity contribution in [1.29, 1.82) is 5.26 Å². The maximum absolute atomic E-state index is 14.4. The van der Waals surface area contributed by atoms with Crippen LogP contribution in [0.15, 0.2) is 23.3 Å². The molecule has 1 amide bonds. The van der Waals surface area contributed by atoms with E-state index in [-0.39, 0.29) is 57.0 Å². The maximum atomic E-state index is 14.4. The van der Waals surface area contributed by atoms with E-state index in [1.165, 1.54) is 0 Å². The lowest BCUT2D eigenvalue weighted by molar-refractivity contribution is -0.163. The lowest BCUT2D eigenvalue weighted by Gasteiger charge is -2.69. The van der Waals surface area contributed by atoms with Crippen LogP contribution in [0.3, 0.4) is 0 Å². The average molecular weight is 515 g/mol. The molecule has 0 heterocycles. The van der Waals surface area contributed by atoms with Crippen molar-refractivity contribution in [2.45, 2.75) is 99.0 Å². The van der Waals surface area contributed by atoms with Crippen molar-refractivity contribution in [2.75, 3.05) is 0 Å². The van der Waals surface area contributed by atoms with E-state index in [9.17, 15) is 19.6 Å². The Bertz CT molecular complexity index is 1290. The number of nitriles is 1. The second-order valence-corrected chi connectivity index (χ2v) is 15.0. The van der Waals surface area contributed by atoms with Crippen LogP contribution in [-0.2, 0) is 14.4 Å². The van der Waals surface area contributed by atoms with Gasteiger partial charge >= 0.3 is 0 Å². The van der Waals surface area contributed by atoms with Crippen LogP contribution in [0.25, 0.3) is 0 Å². The minimum absolute atomic E-state index is 0.00420. The zero-order valence-electron chi connectivity index (χ0n) is 24.1. The minimum Gasteiger partial charge on any atom is -0.340 e. The van der Waals surface area contributed by atoms with Crippen LogP contribution in [0.2, 0.25) is 0 Å². The first-order valence-corrected chi connectivity index (χ1v) is 14.2. The Morgan fingerprint density at radius 3 is 2.32 bits per heavy atom. The minimum atomic E-state index is -0.674. The van der Waals surface area contributed by atoms with E-state index in [0.29, 0.717) is 0 Å². The highest BCUT2D eigenvalue weighted by Crippen LogP contribution is 2.73. The molecule has 0 spiro atoms. The fourth-order valence-electron chi connectivity index (χ4n) is 10.1. The number of carbonyl (C=O) groups excluding carboxylic acids is 3. The first kappa shape index (κ1) is 26.9. The average Bonchev–Trinajstić information content (AvgIpc) is 2.83. The number of terminal acetylenes is 1. The van der Waals surface area contributed by atoms with E-state index in [1.54, 1.807) is 0 Å². The summed E-state index contributed by atoms with van der Waals surface area (Å²) in [4.78, 5) is 40.2. The molecular weight excluding hydrogens is 472 g/mol. The van der Waals surface area contributed by atoms with Gasteiger partial charge in [-0.15, -0.1) is 6.42 Å². The van der Waals surface area contributed by atoms with Crippen molar-refractivity contribution < 1.29 is 14.4 Å². The van der Waals surface area contributed by atoms with E-state index in [0.717, 1.165) is 50.5 Å². The molecule has 1 N–H and O–H groups in total. The molecule has 3 fully saturated rings. The Balaban J connectivity index is 1.69. The van der Waals surface area contributed by atoms with Crippen LogP contribution < -0.4 is 5.32 Å². The maximum Gasteiger partial charge on any atom is 0.296 e. The highest BCUT2D eigenvalue weighted by molar-refractivity contribution is 6.04. The van der Waals surface area contributed by atoms with Gasteiger partial charge in [-0.25, -0.2) is 0 Å². The van der Waals surface area contributed by atoms with Gasteiger partial charge in [-0.05, 0) is 85.0 Å². The summed E-state index contributed by atoms with van der Waals surface area (Å²) in [5, 5.41) is 13.1. The van der Waals surface area contributed by atoms with Gasteiger partial charge in [-0.2, -0.15) is 5.26 Å². The highest BCUT2D eigenvalue weighted by atomic mass is 16.2. The van der Waals surface area contributed by atoms with Crippen molar-refractivity contribution in [3.63, 3.8) is 0 Å². The fraction of sp³-hybridized carbons (Fsp3) is 0.697. The SMILES string of the molecule is C#CC(=O)N[C@@]12CCC(C)(C)C[C@H]1[C@H]1C(=O)C=C3[C@]4(C)C=C(C#N)C(=O)C(C)(C)[C@@H]4CC[C@]3(C)[C@]1(C)CC2. The summed E-state index contributed by atoms with van der Waals surface area (Å²) in [6, 6.07) is 2.17. The van der Waals surface area contributed by atoms with Gasteiger partial charge in [0.15, 0.2) is 11.6 Å². The number of hydrogen-bond donors (Lipinski definition) is 1. The highest BCUT2D eigenvalue weighted by Gasteiger charge is 2.70. The molecule has 7 atom stereocenters. The van der Waals surface area contributed by atoms with Gasteiger partial charge in [0.1, 0.15) is 6.07 Å². The Hall–Kier alpha value is -2.66. The van der Waals surface area contributed by atoms with Gasteiger partial charge in [0.05, 0.1) is 5.57 Å². The van der Waals surface area contributed by atoms with Crippen LogP contribution in [0, 0.1) is 68.5 Å². The lowest BCUT2D eigenvalue weighted by Crippen LogP contribution is -2.69. The van der Waals surface area contributed by atoms with Gasteiger partial charge in [-0.1, -0.05) is 60.1 Å². The number of hydrogen-bond acceptors (Lipinski definition) is 4. The molecule has 0 aromatic rings. The number of amides is 1. The molecule has 0 aromatic carbocycles. The van der Waals surface area contributed by atoms with E-state index < -0.39 is 16.4 Å². The van der Waals surface area contributed by atoms with E-state index in [1.807, 2.05) is 26.0 Å². The third-order valence-electron chi connectivity index (χ3n) is 12.4. The van der Waals surface area contributed by atoms with Crippen LogP contribution in [0.4, 0.5) is 0 Å². The van der Waals surface area contributed by atoms with Gasteiger partial charge in [-0.3, -0.25) is 14.4 Å². The second kappa shape index (κ2) is 7.94. The Labute approximate surface area is 227 Å². The summed E-state index contributed by atoms with van der Waals surface area (Å²) in [5.74, 6) is 1.72. The molecule has 5 nitrogen and oxygen atoms in total. The van der Waals surface area contributed by atoms with Crippen molar-refractivity contribution in [3.05, 3.63) is 23.3 Å². The predicted octanol–water partition coefficient (Wildman–Crippen LogP) is 5.71. The number of fused-ring (bicyclic) bond motifs is 7. The normalized spacial score (nSPS) is 44.5. The Morgan fingerprint density at radius 1 is 1.03 bits per heavy atom. The van der Waals surface area contributed by atoms with E-state index >= 15 is 0 Å². The molecule has 0 aliphatic heterocycles. The molecule has 3 saturated carbocycles. The van der Waals surface area contributed by atoms with Gasteiger partial charge < -0.3 is 5.32 Å². The van der Waals surface area contributed by atoms with E-state index in [4.69, 9.17) is 6.42 Å². The molecule has 5 aliphatic carbocycles. The number of carbonyl (C=O) groups is 3. The summed E-state index contributed by atoms with van der Waals surface area (Å²) >= 11 is 0. The molecule has 0 unspecified atom stereocenters. The molecular formula is C33H42N2O3. The molecule has 5 heteroatoms. The number of allylic oxidation sites excluding steroid dienone is 4. The number of nitrogens with one attached hydrogen (secondary N) is 1. The summed E-state index contributed by atoms with van der Waals surface area (Å²) in [6.45, 7) is 15.2. The largest absolute Gasteiger partial charge is 0.340 e. The fourth-order valence-corrected chi connectivity index (χ4v) is 10.1. The van der Waals surface area contributed by atoms with Crippen LogP contribution >= 0.6 is 0 Å². The molecule has 5 rings (SSSR count). The van der Waals surface area contributed by atoms with Crippen LogP contribution in [-0.4, -0.2) is 23.0 Å². The number of nitrogens with zero attached hydrogens (tertiary/aromatic N) is 1. The molecule has 5 aliphatic rings. The topological polar surface area (TPSA) is 87.0 Å². The smallest absolute Gasteiger partial charge is 0.296 e. The first-order valence-electron chi connectivity index (χ1n) is 14.2. The number of Topliss-reactive ketones (excluding diaryl/α,β-unsaturated/α-hetero) is 1. The Kier molecular flexibility index (Phi) is 5.63. The van der Waals surface area contributed by atoms with Gasteiger partial charge in [0.2, 0.25) is 0 Å². The quantitative estimate of drug-likeness (QED) is 0.454. The van der Waals surface area contributed by atoms with Crippen molar-refractivity contribution >= 4 is 17.5 Å². The molecule has 0 saturated heterocycles. The molecule has 202 valence electrons. The van der Waals surface area contributed by atoms with Gasteiger partial charge in [0.25, 0.3) is 5.91 Å². The molecule has 38 heavy (non-hydrogen) atoms. The lowest BCUT2D eigenvalue weighted by atomic mass is 9.35. The number of ketones is 2. The molecule has 0 bridgehead atoms. The first-order chi connectivity index (χ1) is 17.5. The summed E-state index contributed by atoms with van der Waals surface area (Å²) in [5.41, 5.74) is -0.885. The zero-order chi connectivity index (χ0) is 28.1. The molecule has 0 radical (unpaired) electrons. The van der Waals surface area contributed by atoms with Crippen molar-refractivity contribution in [3.8, 4) is 18.4 Å². The zero-order valence-corrected chi connectivity index (χ0v) is 24.1. The summed E-state index contributed by atoms with van der Waals surface area (Å²) in [7, 11) is 0. The predicted molar refractivity (Wildman–Crippen MR) is 146 cm³/mol.